The molecule has 1 unspecified atom stereocenters. The van der Waals surface area contributed by atoms with E-state index in [4.69, 9.17) is 0 Å². The van der Waals surface area contributed by atoms with Crippen LogP contribution in [0.3, 0.4) is 0 Å². The molecule has 1 saturated heterocycles. The monoisotopic (exact) mass is 373 g/mol. The van der Waals surface area contributed by atoms with Crippen LogP contribution in [0.5, 0.6) is 0 Å². The van der Waals surface area contributed by atoms with Crippen molar-refractivity contribution in [3.63, 3.8) is 0 Å². The fourth-order valence-electron chi connectivity index (χ4n) is 3.83. The normalized spacial score (nSPS) is 21.3. The van der Waals surface area contributed by atoms with Gasteiger partial charge in [0.2, 0.25) is 10.0 Å². The Morgan fingerprint density at radius 1 is 1.12 bits per heavy atom. The van der Waals surface area contributed by atoms with Gasteiger partial charge in [0.1, 0.15) is 5.82 Å². The summed E-state index contributed by atoms with van der Waals surface area (Å²) in [5.41, 5.74) is 2.07. The minimum Gasteiger partial charge on any atom is -0.332 e. The Morgan fingerprint density at radius 2 is 1.88 bits per heavy atom. The number of nitrogens with zero attached hydrogens (tertiary/aromatic N) is 3. The summed E-state index contributed by atoms with van der Waals surface area (Å²) in [4.78, 5) is 4.61. The highest BCUT2D eigenvalue weighted by atomic mass is 32.2. The molecule has 1 aliphatic carbocycles. The second-order valence-electron chi connectivity index (χ2n) is 7.83. The first-order chi connectivity index (χ1) is 12.5. The maximum absolute atomic E-state index is 12.7. The van der Waals surface area contributed by atoms with Crippen LogP contribution in [0.2, 0.25) is 0 Å². The van der Waals surface area contributed by atoms with Gasteiger partial charge in [-0.1, -0.05) is 30.3 Å². The fourth-order valence-corrected chi connectivity index (χ4v) is 5.45. The van der Waals surface area contributed by atoms with E-state index in [1.807, 2.05) is 36.5 Å². The van der Waals surface area contributed by atoms with Gasteiger partial charge in [-0.2, -0.15) is 0 Å². The lowest BCUT2D eigenvalue weighted by Gasteiger charge is -2.17. The lowest BCUT2D eigenvalue weighted by molar-refractivity contribution is 0.447. The van der Waals surface area contributed by atoms with Crippen molar-refractivity contribution in [1.82, 2.24) is 13.9 Å². The molecule has 0 bridgehead atoms. The number of hydrogen-bond acceptors (Lipinski definition) is 3. The molecule has 1 aromatic carbocycles. The predicted octanol–water partition coefficient (Wildman–Crippen LogP) is 3.00. The number of aromatic nitrogens is 2. The predicted molar refractivity (Wildman–Crippen MR) is 102 cm³/mol. The maximum Gasteiger partial charge on any atom is 0.218 e. The smallest absolute Gasteiger partial charge is 0.218 e. The molecule has 0 N–H and O–H groups in total. The highest BCUT2D eigenvalue weighted by molar-refractivity contribution is 7.88. The molecule has 2 aromatic rings. The SMILES string of the molecule is Cc1cnc(CC2CCN(S(=O)(=O)Cc3ccccc3)C2)n1CC1CC1. The van der Waals surface area contributed by atoms with Gasteiger partial charge in [0, 0.05) is 37.9 Å². The van der Waals surface area contributed by atoms with Gasteiger partial charge < -0.3 is 4.57 Å². The zero-order chi connectivity index (χ0) is 18.1. The molecule has 5 nitrogen and oxygen atoms in total. The van der Waals surface area contributed by atoms with Crippen LogP contribution in [0.1, 0.15) is 36.3 Å². The van der Waals surface area contributed by atoms with Gasteiger partial charge in [-0.25, -0.2) is 17.7 Å². The topological polar surface area (TPSA) is 55.2 Å². The third-order valence-corrected chi connectivity index (χ3v) is 7.40. The molecule has 1 saturated carbocycles. The largest absolute Gasteiger partial charge is 0.332 e. The summed E-state index contributed by atoms with van der Waals surface area (Å²) >= 11 is 0. The van der Waals surface area contributed by atoms with Crippen LogP contribution in [-0.2, 0) is 28.7 Å². The molecule has 0 amide bonds. The molecule has 0 radical (unpaired) electrons. The van der Waals surface area contributed by atoms with E-state index in [9.17, 15) is 8.42 Å². The van der Waals surface area contributed by atoms with Crippen molar-refractivity contribution in [2.24, 2.45) is 11.8 Å². The van der Waals surface area contributed by atoms with Crippen LogP contribution in [-0.4, -0.2) is 35.4 Å². The molecule has 2 aliphatic rings. The van der Waals surface area contributed by atoms with E-state index in [1.54, 1.807) is 4.31 Å². The van der Waals surface area contributed by atoms with E-state index >= 15 is 0 Å². The molecular weight excluding hydrogens is 346 g/mol. The minimum absolute atomic E-state index is 0.0932. The molecule has 1 aliphatic heterocycles. The summed E-state index contributed by atoms with van der Waals surface area (Å²) in [7, 11) is -3.25. The molecule has 1 atom stereocenters. The molecule has 0 spiro atoms. The molecule has 2 fully saturated rings. The van der Waals surface area contributed by atoms with E-state index < -0.39 is 10.0 Å². The second kappa shape index (κ2) is 7.16. The Bertz CT molecular complexity index is 856. The van der Waals surface area contributed by atoms with Gasteiger partial charge in [0.25, 0.3) is 0 Å². The van der Waals surface area contributed by atoms with E-state index in [0.29, 0.717) is 19.0 Å². The third-order valence-electron chi connectivity index (χ3n) is 5.58. The Morgan fingerprint density at radius 3 is 2.62 bits per heavy atom. The molecule has 26 heavy (non-hydrogen) atoms. The zero-order valence-electron chi connectivity index (χ0n) is 15.3. The number of aryl methyl sites for hydroxylation is 1. The summed E-state index contributed by atoms with van der Waals surface area (Å²) in [5.74, 6) is 2.39. The van der Waals surface area contributed by atoms with Gasteiger partial charge in [-0.15, -0.1) is 0 Å². The average Bonchev–Trinajstić information content (AvgIpc) is 3.20. The van der Waals surface area contributed by atoms with Crippen molar-refractivity contribution < 1.29 is 8.42 Å². The number of hydrogen-bond donors (Lipinski definition) is 0. The lowest BCUT2D eigenvalue weighted by atomic mass is 10.0. The van der Waals surface area contributed by atoms with E-state index in [-0.39, 0.29) is 5.75 Å². The Hall–Kier alpha value is -1.66. The molecule has 2 heterocycles. The van der Waals surface area contributed by atoms with Crippen LogP contribution in [0.4, 0.5) is 0 Å². The minimum atomic E-state index is -3.25. The first-order valence-corrected chi connectivity index (χ1v) is 11.1. The number of sulfonamides is 1. The summed E-state index contributed by atoms with van der Waals surface area (Å²) in [5, 5.41) is 0. The van der Waals surface area contributed by atoms with Crippen LogP contribution >= 0.6 is 0 Å². The first kappa shape index (κ1) is 17.7. The maximum atomic E-state index is 12.7. The summed E-state index contributed by atoms with van der Waals surface area (Å²) in [6, 6.07) is 9.44. The second-order valence-corrected chi connectivity index (χ2v) is 9.80. The highest BCUT2D eigenvalue weighted by Crippen LogP contribution is 2.32. The van der Waals surface area contributed by atoms with Crippen LogP contribution in [0.25, 0.3) is 0 Å². The van der Waals surface area contributed by atoms with Crippen LogP contribution in [0.15, 0.2) is 36.5 Å². The Labute approximate surface area is 156 Å². The summed E-state index contributed by atoms with van der Waals surface area (Å²) in [6.45, 7) is 4.43. The van der Waals surface area contributed by atoms with Crippen molar-refractivity contribution in [3.05, 3.63) is 53.6 Å². The quantitative estimate of drug-likeness (QED) is 0.750. The lowest BCUT2D eigenvalue weighted by Crippen LogP contribution is -2.30. The third kappa shape index (κ3) is 4.01. The van der Waals surface area contributed by atoms with Crippen LogP contribution < -0.4 is 0 Å². The molecule has 6 heteroatoms. The van der Waals surface area contributed by atoms with Gasteiger partial charge in [0.05, 0.1) is 5.75 Å². The molecule has 4 rings (SSSR count). The zero-order valence-corrected chi connectivity index (χ0v) is 16.2. The summed E-state index contributed by atoms with van der Waals surface area (Å²) < 4.78 is 29.5. The summed E-state index contributed by atoms with van der Waals surface area (Å²) in [6.07, 6.45) is 6.40. The number of rotatable bonds is 7. The van der Waals surface area contributed by atoms with Crippen molar-refractivity contribution in [3.8, 4) is 0 Å². The molecule has 140 valence electrons. The highest BCUT2D eigenvalue weighted by Gasteiger charge is 2.32. The van der Waals surface area contributed by atoms with Crippen molar-refractivity contribution in [2.45, 2.75) is 44.9 Å². The molecular formula is C20H27N3O2S. The molecule has 1 aromatic heterocycles. The van der Waals surface area contributed by atoms with Crippen molar-refractivity contribution in [2.75, 3.05) is 13.1 Å². The van der Waals surface area contributed by atoms with E-state index in [1.165, 1.54) is 18.5 Å². The Kier molecular flexibility index (Phi) is 4.88. The van der Waals surface area contributed by atoms with Gasteiger partial charge in [0.15, 0.2) is 0 Å². The number of benzene rings is 1. The number of imidazole rings is 1. The average molecular weight is 374 g/mol. The van der Waals surface area contributed by atoms with Crippen LogP contribution in [0, 0.1) is 18.8 Å². The van der Waals surface area contributed by atoms with E-state index in [0.717, 1.165) is 36.7 Å². The first-order valence-electron chi connectivity index (χ1n) is 9.54. The van der Waals surface area contributed by atoms with Crippen molar-refractivity contribution in [1.29, 1.82) is 0 Å². The fraction of sp³-hybridized carbons (Fsp3) is 0.550. The van der Waals surface area contributed by atoms with E-state index in [2.05, 4.69) is 16.5 Å². The van der Waals surface area contributed by atoms with Gasteiger partial charge in [-0.05, 0) is 43.6 Å². The van der Waals surface area contributed by atoms with Gasteiger partial charge >= 0.3 is 0 Å². The van der Waals surface area contributed by atoms with Gasteiger partial charge in [-0.3, -0.25) is 0 Å². The standard InChI is InChI=1S/C20H27N3O2S/c1-16-12-21-20(23(16)14-17-7-8-17)11-19-9-10-22(13-19)26(24,25)15-18-5-3-2-4-6-18/h2-6,12,17,19H,7-11,13-15H2,1H3. The van der Waals surface area contributed by atoms with Crippen molar-refractivity contribution >= 4 is 10.0 Å². The Balaban J connectivity index is 1.39.